The molecule has 4 heterocycles. The molecule has 11 rings (SSSR count). The average molecular weight is 715 g/mol. The standard InChI is InChI=1S/C47H30N2S2Si/c1-3-14-31(15-4-1)52(32-16-5-2-6-17-32,43-25-13-21-35-34-18-8-11-23-40(34)51-47(35)43)33-28-29-48-44(30-33)49-38-22-10-7-19-36(38)45-39(49)26-27-42-46(45)37-20-9-12-24-41(37)50-42/h1-30H. The lowest BCUT2D eigenvalue weighted by Crippen LogP contribution is -2.74. The van der Waals surface area contributed by atoms with Crippen molar-refractivity contribution in [3.05, 3.63) is 182 Å². The number of fused-ring (bicyclic) bond motifs is 10. The molecule has 0 spiro atoms. The molecule has 0 amide bonds. The first-order valence-corrected chi connectivity index (χ1v) is 21.3. The maximum absolute atomic E-state index is 5.19. The molecule has 7 aromatic carbocycles. The molecule has 4 aromatic heterocycles. The molecule has 0 saturated carbocycles. The third kappa shape index (κ3) is 4.18. The second kappa shape index (κ2) is 11.6. The quantitative estimate of drug-likeness (QED) is 0.128. The van der Waals surface area contributed by atoms with Crippen molar-refractivity contribution in [2.24, 2.45) is 0 Å². The molecule has 0 aliphatic carbocycles. The van der Waals surface area contributed by atoms with Crippen LogP contribution < -0.4 is 20.7 Å². The zero-order valence-corrected chi connectivity index (χ0v) is 30.7. The number of rotatable bonds is 5. The summed E-state index contributed by atoms with van der Waals surface area (Å²) in [6.45, 7) is 0. The molecule has 2 nitrogen and oxygen atoms in total. The van der Waals surface area contributed by atoms with Crippen molar-refractivity contribution >= 4 is 114 Å². The highest BCUT2D eigenvalue weighted by Gasteiger charge is 2.43. The molecular weight excluding hydrogens is 685 g/mol. The van der Waals surface area contributed by atoms with Gasteiger partial charge in [0.1, 0.15) is 5.82 Å². The Bertz CT molecular complexity index is 3100. The van der Waals surface area contributed by atoms with Crippen LogP contribution in [-0.2, 0) is 0 Å². The second-order valence-corrected chi connectivity index (χ2v) is 19.4. The first-order valence-electron chi connectivity index (χ1n) is 17.6. The van der Waals surface area contributed by atoms with Crippen LogP contribution in [0.3, 0.4) is 0 Å². The maximum Gasteiger partial charge on any atom is 0.181 e. The van der Waals surface area contributed by atoms with E-state index < -0.39 is 8.07 Å². The van der Waals surface area contributed by atoms with Gasteiger partial charge in [-0.1, -0.05) is 133 Å². The Morgan fingerprint density at radius 1 is 0.423 bits per heavy atom. The van der Waals surface area contributed by atoms with Crippen LogP contribution in [0.15, 0.2) is 182 Å². The minimum Gasteiger partial charge on any atom is -0.294 e. The first kappa shape index (κ1) is 29.8. The van der Waals surface area contributed by atoms with E-state index in [-0.39, 0.29) is 0 Å². The van der Waals surface area contributed by atoms with Gasteiger partial charge in [0, 0.05) is 57.3 Å². The van der Waals surface area contributed by atoms with E-state index in [0.29, 0.717) is 0 Å². The second-order valence-electron chi connectivity index (χ2n) is 13.4. The van der Waals surface area contributed by atoms with Crippen LogP contribution in [0.4, 0.5) is 0 Å². The molecule has 0 fully saturated rings. The van der Waals surface area contributed by atoms with Gasteiger partial charge in [0.15, 0.2) is 8.07 Å². The number of nitrogens with zero attached hydrogens (tertiary/aromatic N) is 2. The molecule has 5 heteroatoms. The van der Waals surface area contributed by atoms with E-state index in [1.807, 2.05) is 28.9 Å². The highest BCUT2D eigenvalue weighted by atomic mass is 32.1. The van der Waals surface area contributed by atoms with Gasteiger partial charge in [0.05, 0.1) is 11.0 Å². The largest absolute Gasteiger partial charge is 0.294 e. The highest BCUT2D eigenvalue weighted by Crippen LogP contribution is 2.43. The lowest BCUT2D eigenvalue weighted by Gasteiger charge is -2.35. The van der Waals surface area contributed by atoms with Crippen LogP contribution in [0, 0.1) is 0 Å². The number of para-hydroxylation sites is 1. The Kier molecular flexibility index (Phi) is 6.65. The predicted molar refractivity (Wildman–Crippen MR) is 228 cm³/mol. The molecule has 0 aliphatic heterocycles. The molecule has 0 radical (unpaired) electrons. The molecule has 0 unspecified atom stereocenters. The van der Waals surface area contributed by atoms with Crippen molar-refractivity contribution in [2.75, 3.05) is 0 Å². The summed E-state index contributed by atoms with van der Waals surface area (Å²) >= 11 is 3.80. The lowest BCUT2D eigenvalue weighted by molar-refractivity contribution is 1.08. The summed E-state index contributed by atoms with van der Waals surface area (Å²) in [5.41, 5.74) is 2.35. The zero-order valence-electron chi connectivity index (χ0n) is 28.0. The highest BCUT2D eigenvalue weighted by molar-refractivity contribution is 7.30. The molecular formula is C47H30N2S2Si. The lowest BCUT2D eigenvalue weighted by atomic mass is 10.1. The van der Waals surface area contributed by atoms with E-state index >= 15 is 0 Å². The summed E-state index contributed by atoms with van der Waals surface area (Å²) in [5.74, 6) is 0.940. The summed E-state index contributed by atoms with van der Waals surface area (Å²) in [7, 11) is -2.92. The van der Waals surface area contributed by atoms with E-state index in [4.69, 9.17) is 4.98 Å². The van der Waals surface area contributed by atoms with E-state index in [1.54, 1.807) is 0 Å². The van der Waals surface area contributed by atoms with Crippen LogP contribution in [-0.4, -0.2) is 17.6 Å². The van der Waals surface area contributed by atoms with Crippen LogP contribution in [0.25, 0.3) is 68.0 Å². The van der Waals surface area contributed by atoms with Gasteiger partial charge < -0.3 is 0 Å². The Labute approximate surface area is 309 Å². The summed E-state index contributed by atoms with van der Waals surface area (Å²) < 4.78 is 7.72. The molecule has 0 aliphatic rings. The van der Waals surface area contributed by atoms with E-state index in [9.17, 15) is 0 Å². The van der Waals surface area contributed by atoms with Crippen LogP contribution in [0.2, 0.25) is 0 Å². The van der Waals surface area contributed by atoms with Crippen molar-refractivity contribution in [2.45, 2.75) is 0 Å². The van der Waals surface area contributed by atoms with Gasteiger partial charge in [-0.05, 0) is 63.2 Å². The van der Waals surface area contributed by atoms with Crippen LogP contribution in [0.5, 0.6) is 0 Å². The molecule has 244 valence electrons. The van der Waals surface area contributed by atoms with Crippen LogP contribution >= 0.6 is 22.7 Å². The van der Waals surface area contributed by atoms with Crippen molar-refractivity contribution in [1.82, 2.24) is 9.55 Å². The molecule has 0 atom stereocenters. The maximum atomic E-state index is 5.19. The van der Waals surface area contributed by atoms with Crippen LogP contribution in [0.1, 0.15) is 0 Å². The average Bonchev–Trinajstić information content (AvgIpc) is 3.89. The number of hydrogen-bond acceptors (Lipinski definition) is 3. The van der Waals surface area contributed by atoms with Gasteiger partial charge in [0.2, 0.25) is 0 Å². The Hall–Kier alpha value is -5.85. The molecule has 11 aromatic rings. The number of hydrogen-bond donors (Lipinski definition) is 0. The van der Waals surface area contributed by atoms with Gasteiger partial charge in [-0.2, -0.15) is 0 Å². The Balaban J connectivity index is 1.26. The van der Waals surface area contributed by atoms with Crippen molar-refractivity contribution < 1.29 is 0 Å². The van der Waals surface area contributed by atoms with Gasteiger partial charge in [-0.15, -0.1) is 22.7 Å². The fourth-order valence-electron chi connectivity index (χ4n) is 8.68. The summed E-state index contributed by atoms with van der Waals surface area (Å²) in [6.07, 6.45) is 2.04. The molecule has 52 heavy (non-hydrogen) atoms. The van der Waals surface area contributed by atoms with E-state index in [0.717, 1.165) is 5.82 Å². The number of aromatic nitrogens is 2. The number of pyridine rings is 1. The van der Waals surface area contributed by atoms with Gasteiger partial charge >= 0.3 is 0 Å². The third-order valence-corrected chi connectivity index (χ3v) is 18.1. The fraction of sp³-hybridized carbons (Fsp3) is 0. The Morgan fingerprint density at radius 3 is 1.83 bits per heavy atom. The molecule has 0 bridgehead atoms. The summed E-state index contributed by atoms with van der Waals surface area (Å²) in [4.78, 5) is 5.19. The van der Waals surface area contributed by atoms with Gasteiger partial charge in [-0.3, -0.25) is 4.57 Å². The molecule has 0 N–H and O–H groups in total. The van der Waals surface area contributed by atoms with E-state index in [1.165, 1.54) is 82.9 Å². The van der Waals surface area contributed by atoms with Crippen molar-refractivity contribution in [3.63, 3.8) is 0 Å². The summed E-state index contributed by atoms with van der Waals surface area (Å²) in [5, 5.41) is 13.3. The summed E-state index contributed by atoms with van der Waals surface area (Å²) in [6, 6.07) is 65.3. The SMILES string of the molecule is c1ccc([Si](c2ccccc2)(c2ccnc(-n3c4ccccc4c4c5c(ccc43)sc3ccccc35)c2)c2cccc3c2sc2ccccc23)cc1. The monoisotopic (exact) mass is 714 g/mol. The zero-order chi connectivity index (χ0) is 34.2. The number of thiophene rings is 2. The minimum absolute atomic E-state index is 0.940. The first-order chi connectivity index (χ1) is 25.8. The topological polar surface area (TPSA) is 17.8 Å². The van der Waals surface area contributed by atoms with Crippen molar-refractivity contribution in [3.8, 4) is 5.82 Å². The van der Waals surface area contributed by atoms with E-state index in [2.05, 4.69) is 180 Å². The smallest absolute Gasteiger partial charge is 0.181 e. The van der Waals surface area contributed by atoms with Gasteiger partial charge in [0.25, 0.3) is 0 Å². The third-order valence-electron chi connectivity index (χ3n) is 10.8. The van der Waals surface area contributed by atoms with Crippen molar-refractivity contribution in [1.29, 1.82) is 0 Å². The fourth-order valence-corrected chi connectivity index (χ4v) is 16.3. The molecule has 0 saturated heterocycles. The Morgan fingerprint density at radius 2 is 1.06 bits per heavy atom. The number of benzene rings is 7. The van der Waals surface area contributed by atoms with Gasteiger partial charge in [-0.25, -0.2) is 4.98 Å². The predicted octanol–water partition coefficient (Wildman–Crippen LogP) is 10.3. The normalized spacial score (nSPS) is 12.2. The minimum atomic E-state index is -2.92.